The van der Waals surface area contributed by atoms with E-state index in [1.807, 2.05) is 48.5 Å². The number of ether oxygens (including phenoxy) is 2. The lowest BCUT2D eigenvalue weighted by atomic mass is 9.91. The molecule has 2 aromatic carbocycles. The molecule has 0 spiro atoms. The van der Waals surface area contributed by atoms with Crippen molar-refractivity contribution < 1.29 is 24.2 Å². The monoisotopic (exact) mass is 355 g/mol. The number of nitrogens with zero attached hydrogens (tertiary/aromatic N) is 1. The van der Waals surface area contributed by atoms with E-state index in [4.69, 9.17) is 9.47 Å². The summed E-state index contributed by atoms with van der Waals surface area (Å²) in [5, 5.41) is 9.70. The standard InChI is InChI=1S/C20H21NO5/c1-25-16-9-5-8-15(12-16)17-10-11-21(18(17)19(22)23)20(24)26-13-14-6-3-2-4-7-14/h2-9,12,17-18H,10-11,13H2,1H3,(H,22,23)/t17-,18+/m0/s1. The van der Waals surface area contributed by atoms with Gasteiger partial charge in [0.2, 0.25) is 0 Å². The molecule has 1 amide bonds. The van der Waals surface area contributed by atoms with Gasteiger partial charge in [0, 0.05) is 12.5 Å². The van der Waals surface area contributed by atoms with Crippen molar-refractivity contribution in [3.63, 3.8) is 0 Å². The summed E-state index contributed by atoms with van der Waals surface area (Å²) in [5.41, 5.74) is 1.70. The number of carboxylic acids is 1. The summed E-state index contributed by atoms with van der Waals surface area (Å²) >= 11 is 0. The molecular weight excluding hydrogens is 334 g/mol. The van der Waals surface area contributed by atoms with Gasteiger partial charge in [-0.1, -0.05) is 42.5 Å². The van der Waals surface area contributed by atoms with Gasteiger partial charge in [0.05, 0.1) is 7.11 Å². The molecule has 136 valence electrons. The van der Waals surface area contributed by atoms with Crippen LogP contribution in [0.15, 0.2) is 54.6 Å². The number of hydrogen-bond donors (Lipinski definition) is 1. The minimum absolute atomic E-state index is 0.117. The summed E-state index contributed by atoms with van der Waals surface area (Å²) < 4.78 is 10.5. The van der Waals surface area contributed by atoms with Gasteiger partial charge in [-0.15, -0.1) is 0 Å². The van der Waals surface area contributed by atoms with Crippen LogP contribution in [-0.2, 0) is 16.1 Å². The Morgan fingerprint density at radius 3 is 2.62 bits per heavy atom. The number of carboxylic acid groups (broad SMARTS) is 1. The lowest BCUT2D eigenvalue weighted by Crippen LogP contribution is -2.42. The van der Waals surface area contributed by atoms with Gasteiger partial charge >= 0.3 is 12.1 Å². The van der Waals surface area contributed by atoms with E-state index < -0.39 is 18.1 Å². The molecule has 1 fully saturated rings. The van der Waals surface area contributed by atoms with E-state index in [1.54, 1.807) is 13.2 Å². The molecule has 1 saturated heterocycles. The Balaban J connectivity index is 1.73. The van der Waals surface area contributed by atoms with E-state index in [9.17, 15) is 14.7 Å². The van der Waals surface area contributed by atoms with E-state index in [0.717, 1.165) is 11.1 Å². The zero-order chi connectivity index (χ0) is 18.5. The number of aliphatic carboxylic acids is 1. The second-order valence-corrected chi connectivity index (χ2v) is 6.19. The summed E-state index contributed by atoms with van der Waals surface area (Å²) in [6.45, 7) is 0.457. The normalized spacial score (nSPS) is 19.2. The number of carbonyl (C=O) groups excluding carboxylic acids is 1. The second kappa shape index (κ2) is 7.91. The molecule has 0 aliphatic carbocycles. The molecule has 1 aliphatic heterocycles. The van der Waals surface area contributed by atoms with Crippen LogP contribution in [-0.4, -0.2) is 41.8 Å². The van der Waals surface area contributed by atoms with E-state index >= 15 is 0 Å². The maximum atomic E-state index is 12.4. The second-order valence-electron chi connectivity index (χ2n) is 6.19. The topological polar surface area (TPSA) is 76.1 Å². The molecular formula is C20H21NO5. The Hall–Kier alpha value is -3.02. The highest BCUT2D eigenvalue weighted by Crippen LogP contribution is 2.35. The van der Waals surface area contributed by atoms with Gasteiger partial charge in [0.15, 0.2) is 0 Å². The molecule has 26 heavy (non-hydrogen) atoms. The number of carbonyl (C=O) groups is 2. The lowest BCUT2D eigenvalue weighted by molar-refractivity contribution is -0.142. The molecule has 6 heteroatoms. The minimum atomic E-state index is -1.04. The molecule has 1 N–H and O–H groups in total. The highest BCUT2D eigenvalue weighted by atomic mass is 16.6. The predicted molar refractivity (Wildman–Crippen MR) is 95.1 cm³/mol. The van der Waals surface area contributed by atoms with E-state index in [1.165, 1.54) is 4.90 Å². The lowest BCUT2D eigenvalue weighted by Gasteiger charge is -2.24. The predicted octanol–water partition coefficient (Wildman–Crippen LogP) is 3.27. The zero-order valence-electron chi connectivity index (χ0n) is 14.5. The number of hydrogen-bond acceptors (Lipinski definition) is 4. The van der Waals surface area contributed by atoms with Gasteiger partial charge in [-0.2, -0.15) is 0 Å². The molecule has 0 unspecified atom stereocenters. The van der Waals surface area contributed by atoms with Crippen molar-refractivity contribution in [1.82, 2.24) is 4.90 Å². The molecule has 0 saturated carbocycles. The number of rotatable bonds is 5. The van der Waals surface area contributed by atoms with Crippen molar-refractivity contribution in [3.8, 4) is 5.75 Å². The minimum Gasteiger partial charge on any atom is -0.497 e. The SMILES string of the molecule is COc1cccc([C@@H]2CCN(C(=O)OCc3ccccc3)[C@H]2C(=O)O)c1. The Labute approximate surface area is 152 Å². The van der Waals surface area contributed by atoms with Crippen LogP contribution in [0.2, 0.25) is 0 Å². The summed E-state index contributed by atoms with van der Waals surface area (Å²) in [4.78, 5) is 25.6. The molecule has 2 atom stereocenters. The third-order valence-electron chi connectivity index (χ3n) is 4.61. The molecule has 3 rings (SSSR count). The maximum absolute atomic E-state index is 12.4. The number of methoxy groups -OCH3 is 1. The van der Waals surface area contributed by atoms with Crippen molar-refractivity contribution >= 4 is 12.1 Å². The smallest absolute Gasteiger partial charge is 0.410 e. The van der Waals surface area contributed by atoms with Gasteiger partial charge in [0.1, 0.15) is 18.4 Å². The molecule has 1 aliphatic rings. The fourth-order valence-corrected chi connectivity index (χ4v) is 3.33. The number of likely N-dealkylation sites (tertiary alicyclic amines) is 1. The van der Waals surface area contributed by atoms with Gasteiger partial charge in [-0.3, -0.25) is 4.90 Å². The Kier molecular flexibility index (Phi) is 5.41. The molecule has 0 aromatic heterocycles. The van der Waals surface area contributed by atoms with Crippen LogP contribution in [0.3, 0.4) is 0 Å². The zero-order valence-corrected chi connectivity index (χ0v) is 14.5. The Morgan fingerprint density at radius 1 is 1.15 bits per heavy atom. The molecule has 0 bridgehead atoms. The van der Waals surface area contributed by atoms with Crippen LogP contribution >= 0.6 is 0 Å². The highest BCUT2D eigenvalue weighted by Gasteiger charge is 2.43. The van der Waals surface area contributed by atoms with Gasteiger partial charge in [-0.05, 0) is 29.7 Å². The van der Waals surface area contributed by atoms with Gasteiger partial charge in [-0.25, -0.2) is 9.59 Å². The summed E-state index contributed by atoms with van der Waals surface area (Å²) in [6.07, 6.45) is -0.0449. The molecule has 0 radical (unpaired) electrons. The fraction of sp³-hybridized carbons (Fsp3) is 0.300. The van der Waals surface area contributed by atoms with Crippen LogP contribution in [0.4, 0.5) is 4.79 Å². The third-order valence-corrected chi connectivity index (χ3v) is 4.61. The highest BCUT2D eigenvalue weighted by molar-refractivity contribution is 5.82. The van der Waals surface area contributed by atoms with Crippen molar-refractivity contribution in [3.05, 3.63) is 65.7 Å². The average molecular weight is 355 g/mol. The largest absolute Gasteiger partial charge is 0.497 e. The van der Waals surface area contributed by atoms with Crippen LogP contribution < -0.4 is 4.74 Å². The van der Waals surface area contributed by atoms with Crippen molar-refractivity contribution in [2.24, 2.45) is 0 Å². The quantitative estimate of drug-likeness (QED) is 0.891. The molecule has 2 aromatic rings. The molecule has 6 nitrogen and oxygen atoms in total. The van der Waals surface area contributed by atoms with Crippen LogP contribution in [0.5, 0.6) is 5.75 Å². The van der Waals surface area contributed by atoms with Crippen LogP contribution in [0.1, 0.15) is 23.5 Å². The van der Waals surface area contributed by atoms with Crippen LogP contribution in [0, 0.1) is 0 Å². The number of benzene rings is 2. The fourth-order valence-electron chi connectivity index (χ4n) is 3.33. The van der Waals surface area contributed by atoms with Crippen LogP contribution in [0.25, 0.3) is 0 Å². The summed E-state index contributed by atoms with van der Waals surface area (Å²) in [5.74, 6) is -0.671. The van der Waals surface area contributed by atoms with E-state index in [0.29, 0.717) is 18.7 Å². The number of amides is 1. The van der Waals surface area contributed by atoms with Crippen molar-refractivity contribution in [2.45, 2.75) is 25.0 Å². The van der Waals surface area contributed by atoms with Gasteiger partial charge in [0.25, 0.3) is 0 Å². The Bertz CT molecular complexity index is 777. The summed E-state index contributed by atoms with van der Waals surface area (Å²) in [7, 11) is 1.57. The first kappa shape index (κ1) is 17.8. The van der Waals surface area contributed by atoms with E-state index in [2.05, 4.69) is 0 Å². The van der Waals surface area contributed by atoms with Crippen molar-refractivity contribution in [1.29, 1.82) is 0 Å². The Morgan fingerprint density at radius 2 is 1.92 bits per heavy atom. The first-order valence-corrected chi connectivity index (χ1v) is 8.44. The van der Waals surface area contributed by atoms with Crippen molar-refractivity contribution in [2.75, 3.05) is 13.7 Å². The van der Waals surface area contributed by atoms with E-state index in [-0.39, 0.29) is 12.5 Å². The third kappa shape index (κ3) is 3.79. The average Bonchev–Trinajstić information content (AvgIpc) is 3.12. The maximum Gasteiger partial charge on any atom is 0.410 e. The molecule has 1 heterocycles. The van der Waals surface area contributed by atoms with Gasteiger partial charge < -0.3 is 14.6 Å². The summed E-state index contributed by atoms with van der Waals surface area (Å²) in [6, 6.07) is 15.7. The first-order valence-electron chi connectivity index (χ1n) is 8.44. The first-order chi connectivity index (χ1) is 12.6.